The Balaban J connectivity index is 3.42. The van der Waals surface area contributed by atoms with Gasteiger partial charge in [0.1, 0.15) is 10.7 Å². The van der Waals surface area contributed by atoms with Crippen molar-refractivity contribution in [3.63, 3.8) is 0 Å². The summed E-state index contributed by atoms with van der Waals surface area (Å²) in [5.41, 5.74) is -0.412. The standard InChI is InChI=1S/C7H4ClFO4S/c8-4-2-5(9)6(14(12)13)1-3(4)7(10)11/h1-2H,(H,10,11)(H,12,13). The number of halogens is 2. The third kappa shape index (κ3) is 2.09. The SMILES string of the molecule is O=C(O)c1cc(S(=O)O)c(F)cc1Cl. The molecule has 0 bridgehead atoms. The lowest BCUT2D eigenvalue weighted by Gasteiger charge is -2.02. The van der Waals surface area contributed by atoms with E-state index < -0.39 is 33.3 Å². The Morgan fingerprint density at radius 1 is 1.50 bits per heavy atom. The molecule has 0 spiro atoms. The van der Waals surface area contributed by atoms with E-state index in [4.69, 9.17) is 21.3 Å². The molecule has 0 aliphatic rings. The summed E-state index contributed by atoms with van der Waals surface area (Å²) in [6.07, 6.45) is 0. The van der Waals surface area contributed by atoms with Gasteiger partial charge in [-0.25, -0.2) is 13.4 Å². The molecule has 76 valence electrons. The lowest BCUT2D eigenvalue weighted by Crippen LogP contribution is -2.02. The third-order valence-electron chi connectivity index (χ3n) is 1.44. The average molecular weight is 239 g/mol. The van der Waals surface area contributed by atoms with Crippen LogP contribution in [0.5, 0.6) is 0 Å². The van der Waals surface area contributed by atoms with E-state index >= 15 is 0 Å². The van der Waals surface area contributed by atoms with Crippen molar-refractivity contribution in [1.29, 1.82) is 0 Å². The lowest BCUT2D eigenvalue weighted by atomic mass is 10.2. The van der Waals surface area contributed by atoms with Crippen molar-refractivity contribution in [1.82, 2.24) is 0 Å². The molecule has 1 aromatic carbocycles. The monoisotopic (exact) mass is 238 g/mol. The highest BCUT2D eigenvalue weighted by molar-refractivity contribution is 7.79. The van der Waals surface area contributed by atoms with E-state index in [2.05, 4.69) is 0 Å². The van der Waals surface area contributed by atoms with Crippen molar-refractivity contribution < 1.29 is 23.1 Å². The number of carbonyl (C=O) groups is 1. The Bertz CT molecular complexity index is 385. The first-order chi connectivity index (χ1) is 6.43. The zero-order valence-corrected chi connectivity index (χ0v) is 8.10. The summed E-state index contributed by atoms with van der Waals surface area (Å²) in [6, 6.07) is 1.42. The fraction of sp³-hybridized carbons (Fsp3) is 0. The maximum absolute atomic E-state index is 12.9. The minimum Gasteiger partial charge on any atom is -0.478 e. The maximum Gasteiger partial charge on any atom is 0.337 e. The van der Waals surface area contributed by atoms with Gasteiger partial charge in [0, 0.05) is 0 Å². The van der Waals surface area contributed by atoms with E-state index in [-0.39, 0.29) is 5.02 Å². The van der Waals surface area contributed by atoms with Crippen LogP contribution in [0.15, 0.2) is 17.0 Å². The van der Waals surface area contributed by atoms with E-state index in [1.165, 1.54) is 0 Å². The molecule has 0 radical (unpaired) electrons. The van der Waals surface area contributed by atoms with Gasteiger partial charge in [-0.3, -0.25) is 0 Å². The molecule has 1 unspecified atom stereocenters. The fourth-order valence-electron chi connectivity index (χ4n) is 0.827. The van der Waals surface area contributed by atoms with E-state index in [0.29, 0.717) is 6.07 Å². The second kappa shape index (κ2) is 4.04. The summed E-state index contributed by atoms with van der Waals surface area (Å²) in [6.45, 7) is 0. The molecule has 1 rings (SSSR count). The van der Waals surface area contributed by atoms with Crippen LogP contribution in [0.1, 0.15) is 10.4 Å². The number of carboxylic acid groups (broad SMARTS) is 1. The van der Waals surface area contributed by atoms with Gasteiger partial charge in [-0.15, -0.1) is 0 Å². The molecule has 0 aliphatic carbocycles. The molecule has 0 saturated heterocycles. The average Bonchev–Trinajstić information content (AvgIpc) is 2.02. The minimum absolute atomic E-state index is 0.316. The van der Waals surface area contributed by atoms with Crippen molar-refractivity contribution in [3.8, 4) is 0 Å². The van der Waals surface area contributed by atoms with Gasteiger partial charge in [0.05, 0.1) is 10.6 Å². The van der Waals surface area contributed by atoms with E-state index in [1.807, 2.05) is 0 Å². The summed E-state index contributed by atoms with van der Waals surface area (Å²) in [4.78, 5) is 9.92. The van der Waals surface area contributed by atoms with E-state index in [0.717, 1.165) is 6.07 Å². The number of hydrogen-bond acceptors (Lipinski definition) is 2. The molecule has 0 aromatic heterocycles. The summed E-state index contributed by atoms with van der Waals surface area (Å²) < 4.78 is 32.1. The molecule has 7 heteroatoms. The molecule has 14 heavy (non-hydrogen) atoms. The summed E-state index contributed by atoms with van der Waals surface area (Å²) >= 11 is 2.83. The third-order valence-corrected chi connectivity index (χ3v) is 2.44. The van der Waals surface area contributed by atoms with Crippen molar-refractivity contribution in [2.75, 3.05) is 0 Å². The molecule has 1 aromatic rings. The van der Waals surface area contributed by atoms with E-state index in [1.54, 1.807) is 0 Å². The number of hydrogen-bond donors (Lipinski definition) is 2. The molecule has 0 aliphatic heterocycles. The number of benzene rings is 1. The topological polar surface area (TPSA) is 74.6 Å². The van der Waals surface area contributed by atoms with Crippen LogP contribution in [0.3, 0.4) is 0 Å². The Morgan fingerprint density at radius 2 is 2.07 bits per heavy atom. The zero-order chi connectivity index (χ0) is 10.9. The summed E-state index contributed by atoms with van der Waals surface area (Å²) in [5.74, 6) is -2.40. The van der Waals surface area contributed by atoms with Crippen LogP contribution in [0.2, 0.25) is 5.02 Å². The molecule has 0 fully saturated rings. The van der Waals surface area contributed by atoms with Gasteiger partial charge in [-0.1, -0.05) is 11.6 Å². The van der Waals surface area contributed by atoms with Gasteiger partial charge in [-0.2, -0.15) is 0 Å². The quantitative estimate of drug-likeness (QED) is 0.770. The second-order valence-corrected chi connectivity index (χ2v) is 3.66. The van der Waals surface area contributed by atoms with Crippen LogP contribution in [0.25, 0.3) is 0 Å². The smallest absolute Gasteiger partial charge is 0.337 e. The van der Waals surface area contributed by atoms with Crippen molar-refractivity contribution in [2.45, 2.75) is 4.90 Å². The van der Waals surface area contributed by atoms with Crippen LogP contribution in [0.4, 0.5) is 4.39 Å². The first-order valence-electron chi connectivity index (χ1n) is 3.26. The number of rotatable bonds is 2. The largest absolute Gasteiger partial charge is 0.478 e. The van der Waals surface area contributed by atoms with Crippen molar-refractivity contribution in [2.24, 2.45) is 0 Å². The molecular weight excluding hydrogens is 235 g/mol. The zero-order valence-electron chi connectivity index (χ0n) is 6.53. The highest BCUT2D eigenvalue weighted by atomic mass is 35.5. The maximum atomic E-state index is 12.9. The molecule has 0 heterocycles. The molecule has 4 nitrogen and oxygen atoms in total. The predicted octanol–water partition coefficient (Wildman–Crippen LogP) is 1.76. The highest BCUT2D eigenvalue weighted by Crippen LogP contribution is 2.22. The van der Waals surface area contributed by atoms with Crippen LogP contribution < -0.4 is 0 Å². The van der Waals surface area contributed by atoms with Gasteiger partial charge in [0.2, 0.25) is 0 Å². The van der Waals surface area contributed by atoms with Gasteiger partial charge < -0.3 is 9.66 Å². The first-order valence-corrected chi connectivity index (χ1v) is 4.75. The Hall–Kier alpha value is -0.980. The highest BCUT2D eigenvalue weighted by Gasteiger charge is 2.16. The van der Waals surface area contributed by atoms with Crippen LogP contribution in [-0.2, 0) is 11.1 Å². The molecule has 0 amide bonds. The van der Waals surface area contributed by atoms with Crippen molar-refractivity contribution in [3.05, 3.63) is 28.5 Å². The molecule has 2 N–H and O–H groups in total. The summed E-state index contributed by atoms with van der Waals surface area (Å²) in [5, 5.41) is 8.26. The molecular formula is C7H4ClFO4S. The van der Waals surface area contributed by atoms with Crippen LogP contribution in [0, 0.1) is 5.82 Å². The van der Waals surface area contributed by atoms with Gasteiger partial charge >= 0.3 is 5.97 Å². The Morgan fingerprint density at radius 3 is 2.50 bits per heavy atom. The number of aromatic carboxylic acids is 1. The molecule has 1 atom stereocenters. The molecule has 0 saturated carbocycles. The fourth-order valence-corrected chi connectivity index (χ4v) is 1.50. The Kier molecular flexibility index (Phi) is 3.20. The Labute approximate surface area is 85.6 Å². The van der Waals surface area contributed by atoms with Gasteiger partial charge in [-0.05, 0) is 12.1 Å². The normalized spacial score (nSPS) is 12.5. The van der Waals surface area contributed by atoms with E-state index in [9.17, 15) is 13.4 Å². The van der Waals surface area contributed by atoms with Crippen molar-refractivity contribution >= 4 is 28.7 Å². The van der Waals surface area contributed by atoms with Crippen LogP contribution >= 0.6 is 11.6 Å². The predicted molar refractivity (Wildman–Crippen MR) is 47.4 cm³/mol. The lowest BCUT2D eigenvalue weighted by molar-refractivity contribution is 0.0696. The second-order valence-electron chi connectivity index (χ2n) is 2.32. The van der Waals surface area contributed by atoms with Gasteiger partial charge in [0.15, 0.2) is 11.1 Å². The number of carboxylic acids is 1. The minimum atomic E-state index is -2.57. The van der Waals surface area contributed by atoms with Gasteiger partial charge in [0.25, 0.3) is 0 Å². The summed E-state index contributed by atoms with van der Waals surface area (Å²) in [7, 11) is 0. The first kappa shape index (κ1) is 11.1. The van der Waals surface area contributed by atoms with Crippen LogP contribution in [-0.4, -0.2) is 19.8 Å².